The highest BCUT2D eigenvalue weighted by Gasteiger charge is 2.20. The Hall–Kier alpha value is -3.78. The molecule has 12 heteroatoms. The van der Waals surface area contributed by atoms with Crippen molar-refractivity contribution in [3.8, 4) is 12.3 Å². The summed E-state index contributed by atoms with van der Waals surface area (Å²) in [5.74, 6) is 2.88. The summed E-state index contributed by atoms with van der Waals surface area (Å²) in [6, 6.07) is 2.67. The maximum Gasteiger partial charge on any atom is 0.323 e. The number of nitrogens with one attached hydrogen (secondary N) is 3. The van der Waals surface area contributed by atoms with Crippen LogP contribution in [0.3, 0.4) is 0 Å². The highest BCUT2D eigenvalue weighted by molar-refractivity contribution is 6.33. The van der Waals surface area contributed by atoms with Crippen LogP contribution in [0.25, 0.3) is 5.65 Å². The van der Waals surface area contributed by atoms with E-state index in [1.807, 2.05) is 6.92 Å². The number of halogens is 2. The van der Waals surface area contributed by atoms with E-state index in [1.165, 1.54) is 16.9 Å². The van der Waals surface area contributed by atoms with Crippen molar-refractivity contribution in [3.63, 3.8) is 0 Å². The van der Waals surface area contributed by atoms with Crippen molar-refractivity contribution < 1.29 is 9.53 Å². The smallest absolute Gasteiger partial charge is 0.323 e. The number of hydrogen-bond donors (Lipinski definition) is 3. The fraction of sp³-hybridized carbons (Fsp3) is 0.143. The number of methoxy groups -OCH3 is 1. The van der Waals surface area contributed by atoms with Crippen LogP contribution < -0.4 is 21.1 Å². The second-order valence-electron chi connectivity index (χ2n) is 6.84. The number of amides is 2. The first-order chi connectivity index (χ1) is 15.9. The van der Waals surface area contributed by atoms with E-state index >= 15 is 0 Å². The molecule has 0 aliphatic carbocycles. The van der Waals surface area contributed by atoms with Gasteiger partial charge in [-0.05, 0) is 19.1 Å². The molecule has 0 aromatic carbocycles. The van der Waals surface area contributed by atoms with E-state index in [0.29, 0.717) is 33.6 Å². The number of fused-ring (bicyclic) bond motifs is 1. The van der Waals surface area contributed by atoms with Crippen LogP contribution in [0.1, 0.15) is 18.7 Å². The Morgan fingerprint density at radius 3 is 2.85 bits per heavy atom. The number of carbonyl (C=O) groups is 1. The highest BCUT2D eigenvalue weighted by atomic mass is 35.5. The molecule has 4 heterocycles. The zero-order chi connectivity index (χ0) is 23.5. The summed E-state index contributed by atoms with van der Waals surface area (Å²) >= 11 is 12.4. The molecule has 0 radical (unpaired) electrons. The Bertz CT molecular complexity index is 1330. The molecule has 3 N–H and O–H groups in total. The van der Waals surface area contributed by atoms with E-state index in [0.717, 1.165) is 5.70 Å². The molecule has 168 valence electrons. The molecule has 1 atom stereocenters. The van der Waals surface area contributed by atoms with E-state index in [4.69, 9.17) is 34.4 Å². The van der Waals surface area contributed by atoms with Crippen LogP contribution in [0.2, 0.25) is 10.2 Å². The number of carbonyl (C=O) groups excluding carboxylic acids is 1. The normalized spacial score (nSPS) is 14.9. The van der Waals surface area contributed by atoms with Crippen LogP contribution in [0.4, 0.5) is 22.0 Å². The topological polar surface area (TPSA) is 109 Å². The number of hydrazine groups is 1. The van der Waals surface area contributed by atoms with Gasteiger partial charge in [0.2, 0.25) is 0 Å². The SMILES string of the molecule is C#CC=C1C=CN(c2ncc(NC(=O)Nc3cnc4cc(Cl)nn4c3[C@H](C)OC)cc2Cl)N1. The van der Waals surface area contributed by atoms with Gasteiger partial charge in [-0.25, -0.2) is 24.3 Å². The van der Waals surface area contributed by atoms with Crippen molar-refractivity contribution in [1.29, 1.82) is 0 Å². The summed E-state index contributed by atoms with van der Waals surface area (Å²) in [5, 5.41) is 11.9. The summed E-state index contributed by atoms with van der Waals surface area (Å²) in [5.41, 5.74) is 5.67. The van der Waals surface area contributed by atoms with Gasteiger partial charge >= 0.3 is 6.03 Å². The highest BCUT2D eigenvalue weighted by Crippen LogP contribution is 2.29. The lowest BCUT2D eigenvalue weighted by atomic mass is 10.2. The number of pyridine rings is 1. The Balaban J connectivity index is 1.51. The average molecular weight is 485 g/mol. The number of nitrogens with zero attached hydrogens (tertiary/aromatic N) is 5. The Kier molecular flexibility index (Phi) is 6.37. The first-order valence-corrected chi connectivity index (χ1v) is 10.4. The number of terminal acetylenes is 1. The quantitative estimate of drug-likeness (QED) is 0.466. The molecule has 10 nitrogen and oxygen atoms in total. The number of allylic oxidation sites excluding steroid dienone is 2. The number of hydrogen-bond acceptors (Lipinski definition) is 7. The first-order valence-electron chi connectivity index (χ1n) is 9.60. The third-order valence-electron chi connectivity index (χ3n) is 4.68. The Morgan fingerprint density at radius 2 is 2.12 bits per heavy atom. The molecular formula is C21H18Cl2N8O2. The molecule has 0 fully saturated rings. The predicted molar refractivity (Wildman–Crippen MR) is 127 cm³/mol. The molecule has 33 heavy (non-hydrogen) atoms. The number of urea groups is 1. The molecule has 0 saturated heterocycles. The minimum atomic E-state index is -0.525. The largest absolute Gasteiger partial charge is 0.375 e. The van der Waals surface area contributed by atoms with Gasteiger partial charge in [0, 0.05) is 25.5 Å². The number of aromatic nitrogens is 4. The van der Waals surface area contributed by atoms with Gasteiger partial charge in [0.05, 0.1) is 46.3 Å². The van der Waals surface area contributed by atoms with E-state index in [9.17, 15) is 4.79 Å². The predicted octanol–water partition coefficient (Wildman–Crippen LogP) is 4.14. The maximum absolute atomic E-state index is 12.7. The molecule has 2 amide bonds. The van der Waals surface area contributed by atoms with Crippen LogP contribution in [0.15, 0.2) is 48.6 Å². The second kappa shape index (κ2) is 9.38. The van der Waals surface area contributed by atoms with Crippen LogP contribution in [-0.2, 0) is 4.74 Å². The van der Waals surface area contributed by atoms with Crippen molar-refractivity contribution >= 4 is 52.1 Å². The third kappa shape index (κ3) is 4.70. The van der Waals surface area contributed by atoms with E-state index in [-0.39, 0.29) is 5.15 Å². The minimum absolute atomic E-state index is 0.277. The summed E-state index contributed by atoms with van der Waals surface area (Å²) in [6.45, 7) is 1.82. The van der Waals surface area contributed by atoms with E-state index in [2.05, 4.69) is 37.0 Å². The first kappa shape index (κ1) is 22.4. The number of anilines is 3. The lowest BCUT2D eigenvalue weighted by molar-refractivity contribution is 0.114. The molecule has 0 saturated carbocycles. The van der Waals surface area contributed by atoms with Gasteiger partial charge < -0.3 is 15.4 Å². The standard InChI is InChI=1S/C21H18Cl2N8O2/c1-4-5-13-6-7-30(28-13)20-15(22)8-14(10-25-20)26-21(32)27-16-11-24-18-9-17(23)29-31(18)19(16)12(2)33-3/h1,5-12,28H,2-3H3,(H2,26,27,32)/t12-/m0/s1. The van der Waals surface area contributed by atoms with Gasteiger partial charge in [0.1, 0.15) is 0 Å². The van der Waals surface area contributed by atoms with Crippen molar-refractivity contribution in [2.75, 3.05) is 22.8 Å². The van der Waals surface area contributed by atoms with Gasteiger partial charge in [-0.3, -0.25) is 5.43 Å². The molecule has 1 aliphatic rings. The van der Waals surface area contributed by atoms with Crippen LogP contribution >= 0.6 is 23.2 Å². The fourth-order valence-corrected chi connectivity index (χ4v) is 3.58. The molecule has 3 aromatic rings. The minimum Gasteiger partial charge on any atom is -0.375 e. The molecule has 0 bridgehead atoms. The number of ether oxygens (including phenoxy) is 1. The summed E-state index contributed by atoms with van der Waals surface area (Å²) < 4.78 is 6.96. The molecule has 3 aromatic heterocycles. The van der Waals surface area contributed by atoms with Gasteiger partial charge in [-0.1, -0.05) is 29.1 Å². The van der Waals surface area contributed by atoms with Crippen molar-refractivity contribution in [2.24, 2.45) is 0 Å². The van der Waals surface area contributed by atoms with Crippen molar-refractivity contribution in [3.05, 3.63) is 64.4 Å². The lowest BCUT2D eigenvalue weighted by Gasteiger charge is -2.18. The summed E-state index contributed by atoms with van der Waals surface area (Å²) in [6.07, 6.45) is 13.0. The van der Waals surface area contributed by atoms with E-state index < -0.39 is 12.1 Å². The maximum atomic E-state index is 12.7. The monoisotopic (exact) mass is 484 g/mol. The van der Waals surface area contributed by atoms with Crippen LogP contribution in [-0.4, -0.2) is 32.7 Å². The lowest BCUT2D eigenvalue weighted by Crippen LogP contribution is -2.28. The average Bonchev–Trinajstić information content (AvgIpc) is 3.39. The molecule has 1 aliphatic heterocycles. The number of rotatable bonds is 5. The van der Waals surface area contributed by atoms with Gasteiger partial charge in [-0.2, -0.15) is 5.10 Å². The van der Waals surface area contributed by atoms with Gasteiger partial charge in [0.25, 0.3) is 0 Å². The summed E-state index contributed by atoms with van der Waals surface area (Å²) in [7, 11) is 1.55. The van der Waals surface area contributed by atoms with Gasteiger partial charge in [0.15, 0.2) is 16.6 Å². The molecule has 0 unspecified atom stereocenters. The Morgan fingerprint density at radius 1 is 1.30 bits per heavy atom. The second-order valence-corrected chi connectivity index (χ2v) is 7.64. The zero-order valence-electron chi connectivity index (χ0n) is 17.5. The van der Waals surface area contributed by atoms with Crippen LogP contribution in [0, 0.1) is 12.3 Å². The molecule has 0 spiro atoms. The van der Waals surface area contributed by atoms with E-state index in [1.54, 1.807) is 42.6 Å². The van der Waals surface area contributed by atoms with Crippen molar-refractivity contribution in [1.82, 2.24) is 25.0 Å². The zero-order valence-corrected chi connectivity index (χ0v) is 19.0. The fourth-order valence-electron chi connectivity index (χ4n) is 3.15. The summed E-state index contributed by atoms with van der Waals surface area (Å²) in [4.78, 5) is 21.3. The van der Waals surface area contributed by atoms with Gasteiger partial charge in [-0.15, -0.1) is 6.42 Å². The van der Waals surface area contributed by atoms with Crippen LogP contribution in [0.5, 0.6) is 0 Å². The third-order valence-corrected chi connectivity index (χ3v) is 5.14. The van der Waals surface area contributed by atoms with Crippen molar-refractivity contribution in [2.45, 2.75) is 13.0 Å². The molecule has 4 rings (SSSR count). The molecular weight excluding hydrogens is 467 g/mol. The Labute approximate surface area is 199 Å².